The van der Waals surface area contributed by atoms with E-state index in [1.807, 2.05) is 0 Å². The third kappa shape index (κ3) is 4.70. The van der Waals surface area contributed by atoms with E-state index in [0.717, 1.165) is 6.07 Å². The van der Waals surface area contributed by atoms with Crippen molar-refractivity contribution in [1.82, 2.24) is 0 Å². The van der Waals surface area contributed by atoms with E-state index >= 15 is 0 Å². The molecule has 0 unspecified atom stereocenters. The molecular formula is C12H13KO5. The molecule has 1 aromatic carbocycles. The Hall–Kier alpha value is -0.404. The molecule has 0 radical (unpaired) electrons. The van der Waals surface area contributed by atoms with Crippen molar-refractivity contribution in [3.8, 4) is 5.75 Å². The summed E-state index contributed by atoms with van der Waals surface area (Å²) in [6, 6.07) is 3.55. The van der Waals surface area contributed by atoms with Gasteiger partial charge in [-0.3, -0.25) is 0 Å². The van der Waals surface area contributed by atoms with Gasteiger partial charge in [-0.15, -0.1) is 5.75 Å². The number of esters is 2. The Kier molecular flexibility index (Phi) is 8.46. The van der Waals surface area contributed by atoms with Crippen molar-refractivity contribution in [2.45, 2.75) is 13.8 Å². The number of hydrogen-bond acceptors (Lipinski definition) is 5. The van der Waals surface area contributed by atoms with E-state index in [-0.39, 0.29) is 81.5 Å². The molecule has 6 heteroatoms. The predicted octanol–water partition coefficient (Wildman–Crippen LogP) is -1.88. The summed E-state index contributed by atoms with van der Waals surface area (Å²) in [7, 11) is 0. The van der Waals surface area contributed by atoms with Gasteiger partial charge in [-0.1, -0.05) is 12.1 Å². The molecule has 0 heterocycles. The molecule has 92 valence electrons. The van der Waals surface area contributed by atoms with Gasteiger partial charge < -0.3 is 14.6 Å². The topological polar surface area (TPSA) is 75.7 Å². The van der Waals surface area contributed by atoms with Crippen LogP contribution in [-0.2, 0) is 9.47 Å². The molecule has 0 spiro atoms. The minimum atomic E-state index is -0.701. The van der Waals surface area contributed by atoms with E-state index in [4.69, 9.17) is 9.47 Å². The first kappa shape index (κ1) is 17.6. The average Bonchev–Trinajstić information content (AvgIpc) is 2.29. The molecule has 0 fully saturated rings. The first-order valence-electron chi connectivity index (χ1n) is 5.25. The maximum Gasteiger partial charge on any atom is 1.00 e. The van der Waals surface area contributed by atoms with Crippen LogP contribution in [0.4, 0.5) is 0 Å². The molecule has 0 aliphatic carbocycles. The van der Waals surface area contributed by atoms with Crippen molar-refractivity contribution in [3.63, 3.8) is 0 Å². The maximum absolute atomic E-state index is 11.6. The summed E-state index contributed by atoms with van der Waals surface area (Å²) < 4.78 is 9.55. The van der Waals surface area contributed by atoms with Crippen LogP contribution in [0.2, 0.25) is 0 Å². The number of rotatable bonds is 4. The van der Waals surface area contributed by atoms with Gasteiger partial charge in [0.25, 0.3) is 0 Å². The van der Waals surface area contributed by atoms with E-state index < -0.39 is 11.9 Å². The maximum atomic E-state index is 11.6. The quantitative estimate of drug-likeness (QED) is 0.475. The molecule has 0 N–H and O–H groups in total. The summed E-state index contributed by atoms with van der Waals surface area (Å²) in [6.07, 6.45) is 0. The molecule has 0 bridgehead atoms. The van der Waals surface area contributed by atoms with Crippen LogP contribution >= 0.6 is 0 Å². The molecule has 5 nitrogen and oxygen atoms in total. The van der Waals surface area contributed by atoms with E-state index in [2.05, 4.69) is 0 Å². The summed E-state index contributed by atoms with van der Waals surface area (Å²) in [6.45, 7) is 3.66. The standard InChI is InChI=1S/C12H14O5.K/c1-3-16-11(14)9-6-5-8(13)7-10(9)12(15)17-4-2;/h5-7,13H,3-4H2,1-2H3;/q;+1/p-1. The summed E-state index contributed by atoms with van der Waals surface area (Å²) >= 11 is 0. The Morgan fingerprint density at radius 3 is 2.06 bits per heavy atom. The second-order valence-electron chi connectivity index (χ2n) is 3.15. The van der Waals surface area contributed by atoms with Crippen molar-refractivity contribution in [2.75, 3.05) is 13.2 Å². The fraction of sp³-hybridized carbons (Fsp3) is 0.333. The van der Waals surface area contributed by atoms with Gasteiger partial charge in [0.1, 0.15) is 0 Å². The second kappa shape index (κ2) is 8.66. The number of benzene rings is 1. The number of carbonyl (C=O) groups excluding carboxylic acids is 2. The van der Waals surface area contributed by atoms with Gasteiger partial charge in [0.15, 0.2) is 0 Å². The number of hydrogen-bond donors (Lipinski definition) is 0. The second-order valence-corrected chi connectivity index (χ2v) is 3.15. The largest absolute Gasteiger partial charge is 1.00 e. The van der Waals surface area contributed by atoms with E-state index in [1.54, 1.807) is 13.8 Å². The van der Waals surface area contributed by atoms with Crippen molar-refractivity contribution in [3.05, 3.63) is 29.3 Å². The minimum Gasteiger partial charge on any atom is -0.872 e. The Morgan fingerprint density at radius 1 is 1.06 bits per heavy atom. The number of ether oxygens (including phenoxy) is 2. The predicted molar refractivity (Wildman–Crippen MR) is 57.8 cm³/mol. The van der Waals surface area contributed by atoms with Gasteiger partial charge in [-0.05, 0) is 19.9 Å². The molecule has 0 aliphatic rings. The Morgan fingerprint density at radius 2 is 1.56 bits per heavy atom. The molecule has 0 aromatic heterocycles. The molecular weight excluding hydrogens is 263 g/mol. The first-order valence-corrected chi connectivity index (χ1v) is 5.25. The molecule has 18 heavy (non-hydrogen) atoms. The summed E-state index contributed by atoms with van der Waals surface area (Å²) in [4.78, 5) is 23.1. The average molecular weight is 276 g/mol. The van der Waals surface area contributed by atoms with Crippen LogP contribution in [0.25, 0.3) is 0 Å². The zero-order valence-corrected chi connectivity index (χ0v) is 13.8. The summed E-state index contributed by atoms with van der Waals surface area (Å²) in [5, 5.41) is 11.2. The van der Waals surface area contributed by atoms with Crippen molar-refractivity contribution in [1.29, 1.82) is 0 Å². The SMILES string of the molecule is CCOC(=O)c1ccc([O-])cc1C(=O)OCC.[K+]. The summed E-state index contributed by atoms with van der Waals surface area (Å²) in [5.74, 6) is -1.70. The van der Waals surface area contributed by atoms with Crippen LogP contribution < -0.4 is 56.5 Å². The Labute approximate surface area is 148 Å². The zero-order valence-electron chi connectivity index (χ0n) is 10.7. The number of carbonyl (C=O) groups is 2. The summed E-state index contributed by atoms with van der Waals surface area (Å²) in [5.41, 5.74) is -0.0114. The molecule has 1 rings (SSSR count). The molecule has 0 saturated carbocycles. The van der Waals surface area contributed by atoms with Gasteiger partial charge in [0.05, 0.1) is 24.3 Å². The van der Waals surface area contributed by atoms with Crippen molar-refractivity contribution >= 4 is 11.9 Å². The van der Waals surface area contributed by atoms with Crippen LogP contribution in [0.3, 0.4) is 0 Å². The van der Waals surface area contributed by atoms with Crippen LogP contribution in [0, 0.1) is 0 Å². The molecule has 1 aromatic rings. The van der Waals surface area contributed by atoms with Crippen LogP contribution in [0.5, 0.6) is 5.75 Å². The molecule has 0 saturated heterocycles. The van der Waals surface area contributed by atoms with Crippen molar-refractivity contribution in [2.24, 2.45) is 0 Å². The minimum absolute atomic E-state index is 0. The fourth-order valence-corrected chi connectivity index (χ4v) is 1.29. The fourth-order valence-electron chi connectivity index (χ4n) is 1.29. The Bertz CT molecular complexity index is 430. The van der Waals surface area contributed by atoms with Crippen LogP contribution in [0.1, 0.15) is 34.6 Å². The molecule has 0 aliphatic heterocycles. The molecule has 0 atom stereocenters. The normalized spacial score (nSPS) is 9.22. The van der Waals surface area contributed by atoms with E-state index in [9.17, 15) is 14.7 Å². The zero-order chi connectivity index (χ0) is 12.8. The van der Waals surface area contributed by atoms with Crippen LogP contribution in [0.15, 0.2) is 18.2 Å². The van der Waals surface area contributed by atoms with E-state index in [0.29, 0.717) is 0 Å². The third-order valence-electron chi connectivity index (χ3n) is 1.98. The van der Waals surface area contributed by atoms with Gasteiger partial charge in [0, 0.05) is 0 Å². The third-order valence-corrected chi connectivity index (χ3v) is 1.98. The Balaban J connectivity index is 0.00000289. The van der Waals surface area contributed by atoms with Crippen molar-refractivity contribution < 1.29 is 75.6 Å². The van der Waals surface area contributed by atoms with Gasteiger partial charge in [0.2, 0.25) is 0 Å². The molecule has 0 amide bonds. The monoisotopic (exact) mass is 276 g/mol. The van der Waals surface area contributed by atoms with Gasteiger partial charge >= 0.3 is 63.3 Å². The van der Waals surface area contributed by atoms with Gasteiger partial charge in [-0.25, -0.2) is 9.59 Å². The van der Waals surface area contributed by atoms with Crippen LogP contribution in [-0.4, -0.2) is 25.2 Å². The van der Waals surface area contributed by atoms with E-state index in [1.165, 1.54) is 12.1 Å². The smallest absolute Gasteiger partial charge is 0.872 e. The first-order chi connectivity index (χ1) is 8.10. The van der Waals surface area contributed by atoms with Gasteiger partial charge in [-0.2, -0.15) is 0 Å².